The molecule has 1 aliphatic heterocycles. The Hall–Kier alpha value is -1.10. The van der Waals surface area contributed by atoms with Gasteiger partial charge in [-0.1, -0.05) is 53.7 Å². The average molecular weight is 378 g/mol. The molecular weight excluding hydrogens is 338 g/mol. The van der Waals surface area contributed by atoms with E-state index in [0.29, 0.717) is 13.2 Å². The molecule has 0 bridgehead atoms. The highest BCUT2D eigenvalue weighted by Gasteiger charge is 2.26. The lowest BCUT2D eigenvalue weighted by molar-refractivity contribution is -0.0787. The second-order valence-corrected chi connectivity index (χ2v) is 10.2. The van der Waals surface area contributed by atoms with Crippen molar-refractivity contribution in [2.24, 2.45) is 0 Å². The molecule has 1 heterocycles. The Balaban J connectivity index is 2.04. The zero-order valence-corrected chi connectivity index (χ0v) is 18.5. The number of β-amino-alcohol motifs (C(OH)–C–C–N with tert-alkyl or cyclic N) is 1. The van der Waals surface area contributed by atoms with Crippen LogP contribution in [0.2, 0.25) is 0 Å². The van der Waals surface area contributed by atoms with Crippen LogP contribution in [0.25, 0.3) is 0 Å². The van der Waals surface area contributed by atoms with E-state index in [4.69, 9.17) is 9.47 Å². The minimum absolute atomic E-state index is 0.0172. The van der Waals surface area contributed by atoms with Gasteiger partial charge in [0.15, 0.2) is 0 Å². The summed E-state index contributed by atoms with van der Waals surface area (Å²) in [6.45, 7) is 20.1. The Morgan fingerprint density at radius 2 is 1.67 bits per heavy atom. The van der Waals surface area contributed by atoms with Crippen LogP contribution in [0.5, 0.6) is 5.75 Å². The molecule has 3 atom stereocenters. The number of morpholine rings is 1. The summed E-state index contributed by atoms with van der Waals surface area (Å²) in [5.74, 6) is 0.873. The molecule has 0 amide bonds. The highest BCUT2D eigenvalue weighted by molar-refractivity contribution is 5.43. The molecule has 2 rings (SSSR count). The molecule has 1 saturated heterocycles. The minimum Gasteiger partial charge on any atom is -0.491 e. The zero-order chi connectivity index (χ0) is 20.4. The molecule has 1 aromatic rings. The summed E-state index contributed by atoms with van der Waals surface area (Å²) in [5.41, 5.74) is 2.57. The zero-order valence-electron chi connectivity index (χ0n) is 18.5. The van der Waals surface area contributed by atoms with Crippen molar-refractivity contribution in [2.45, 2.75) is 84.5 Å². The van der Waals surface area contributed by atoms with E-state index >= 15 is 0 Å². The van der Waals surface area contributed by atoms with Gasteiger partial charge in [0, 0.05) is 19.6 Å². The van der Waals surface area contributed by atoms with Crippen LogP contribution in [0.15, 0.2) is 18.2 Å². The van der Waals surface area contributed by atoms with Crippen molar-refractivity contribution >= 4 is 0 Å². The molecule has 0 aliphatic carbocycles. The van der Waals surface area contributed by atoms with Gasteiger partial charge in [0.2, 0.25) is 0 Å². The molecule has 1 aliphatic rings. The van der Waals surface area contributed by atoms with Crippen molar-refractivity contribution in [3.05, 3.63) is 29.3 Å². The summed E-state index contributed by atoms with van der Waals surface area (Å²) >= 11 is 0. The smallest absolute Gasteiger partial charge is 0.123 e. The van der Waals surface area contributed by atoms with Crippen molar-refractivity contribution < 1.29 is 14.6 Å². The molecule has 0 aromatic heterocycles. The van der Waals surface area contributed by atoms with E-state index in [1.807, 2.05) is 0 Å². The topological polar surface area (TPSA) is 41.9 Å². The van der Waals surface area contributed by atoms with E-state index in [9.17, 15) is 5.11 Å². The molecule has 4 nitrogen and oxygen atoms in total. The predicted molar refractivity (Wildman–Crippen MR) is 112 cm³/mol. The normalized spacial score (nSPS) is 23.3. The van der Waals surface area contributed by atoms with E-state index in [-0.39, 0.29) is 23.0 Å². The summed E-state index contributed by atoms with van der Waals surface area (Å²) in [6, 6.07) is 6.46. The van der Waals surface area contributed by atoms with Crippen molar-refractivity contribution in [1.82, 2.24) is 4.90 Å². The lowest BCUT2D eigenvalue weighted by Crippen LogP contribution is -2.48. The highest BCUT2D eigenvalue weighted by atomic mass is 16.5. The summed E-state index contributed by atoms with van der Waals surface area (Å²) in [5, 5.41) is 10.5. The van der Waals surface area contributed by atoms with E-state index in [1.54, 1.807) is 0 Å². The quantitative estimate of drug-likeness (QED) is 0.838. The number of hydrogen-bond acceptors (Lipinski definition) is 4. The van der Waals surface area contributed by atoms with Crippen LogP contribution in [-0.4, -0.2) is 54.6 Å². The molecule has 154 valence electrons. The second kappa shape index (κ2) is 8.50. The van der Waals surface area contributed by atoms with E-state index in [1.165, 1.54) is 11.1 Å². The monoisotopic (exact) mass is 377 g/mol. The summed E-state index contributed by atoms with van der Waals surface area (Å²) in [7, 11) is 0. The Morgan fingerprint density at radius 1 is 1.07 bits per heavy atom. The maximum atomic E-state index is 10.5. The van der Waals surface area contributed by atoms with Crippen LogP contribution in [0.1, 0.15) is 66.5 Å². The Morgan fingerprint density at radius 3 is 2.19 bits per heavy atom. The molecule has 0 unspecified atom stereocenters. The molecule has 1 aromatic carbocycles. The van der Waals surface area contributed by atoms with Gasteiger partial charge in [-0.15, -0.1) is 0 Å². The Kier molecular flexibility index (Phi) is 6.99. The van der Waals surface area contributed by atoms with Gasteiger partial charge in [-0.2, -0.15) is 0 Å². The summed E-state index contributed by atoms with van der Waals surface area (Å²) in [6.07, 6.45) is -0.101. The number of aliphatic hydroxyl groups excluding tert-OH is 1. The van der Waals surface area contributed by atoms with Crippen molar-refractivity contribution in [3.8, 4) is 5.75 Å². The fraction of sp³-hybridized carbons (Fsp3) is 0.739. The van der Waals surface area contributed by atoms with Crippen LogP contribution in [0, 0.1) is 0 Å². The van der Waals surface area contributed by atoms with Crippen LogP contribution in [0.3, 0.4) is 0 Å². The molecule has 27 heavy (non-hydrogen) atoms. The predicted octanol–water partition coefficient (Wildman–Crippen LogP) is 4.13. The van der Waals surface area contributed by atoms with E-state index < -0.39 is 6.10 Å². The number of ether oxygens (including phenoxy) is 2. The molecule has 0 saturated carbocycles. The SMILES string of the molecule is C[C@@H]1CN(C[C@H](O)COc2ccc(C(C)(C)C)cc2C(C)(C)C)C[C@@H](C)O1. The van der Waals surface area contributed by atoms with Crippen molar-refractivity contribution in [3.63, 3.8) is 0 Å². The largest absolute Gasteiger partial charge is 0.491 e. The van der Waals surface area contributed by atoms with Gasteiger partial charge in [0.25, 0.3) is 0 Å². The highest BCUT2D eigenvalue weighted by Crippen LogP contribution is 2.35. The summed E-state index contributed by atoms with van der Waals surface area (Å²) < 4.78 is 11.8. The third-order valence-electron chi connectivity index (χ3n) is 5.05. The maximum absolute atomic E-state index is 10.5. The van der Waals surface area contributed by atoms with Crippen LogP contribution < -0.4 is 4.74 Å². The Bertz CT molecular complexity index is 605. The number of nitrogens with zero attached hydrogens (tertiary/aromatic N) is 1. The molecule has 1 N–H and O–H groups in total. The molecule has 0 spiro atoms. The third kappa shape index (κ3) is 6.48. The van der Waals surface area contributed by atoms with Gasteiger partial charge in [-0.25, -0.2) is 0 Å². The van der Waals surface area contributed by atoms with E-state index in [0.717, 1.165) is 18.8 Å². The van der Waals surface area contributed by atoms with Gasteiger partial charge in [0.05, 0.1) is 12.2 Å². The third-order valence-corrected chi connectivity index (χ3v) is 5.05. The minimum atomic E-state index is -0.516. The van der Waals surface area contributed by atoms with Gasteiger partial charge in [-0.3, -0.25) is 4.90 Å². The van der Waals surface area contributed by atoms with E-state index in [2.05, 4.69) is 78.5 Å². The van der Waals surface area contributed by atoms with Gasteiger partial charge < -0.3 is 14.6 Å². The first-order valence-electron chi connectivity index (χ1n) is 10.2. The standard InChI is InChI=1S/C23H39NO3/c1-16-12-24(13-17(2)27-16)14-19(25)15-26-21-10-9-18(22(3,4)5)11-20(21)23(6,7)8/h9-11,16-17,19,25H,12-15H2,1-8H3/t16-,17-,19+/m1/s1. The van der Waals surface area contributed by atoms with Crippen LogP contribution in [-0.2, 0) is 15.6 Å². The van der Waals surface area contributed by atoms with Gasteiger partial charge in [-0.05, 0) is 41.9 Å². The first-order valence-corrected chi connectivity index (χ1v) is 10.2. The molecule has 4 heteroatoms. The molecule has 0 radical (unpaired) electrons. The van der Waals surface area contributed by atoms with Gasteiger partial charge >= 0.3 is 0 Å². The number of aliphatic hydroxyl groups is 1. The fourth-order valence-corrected chi connectivity index (χ4v) is 3.68. The average Bonchev–Trinajstić information content (AvgIpc) is 2.50. The molecular formula is C23H39NO3. The first kappa shape index (κ1) is 22.2. The van der Waals surface area contributed by atoms with Crippen molar-refractivity contribution in [2.75, 3.05) is 26.2 Å². The number of hydrogen-bond donors (Lipinski definition) is 1. The second-order valence-electron chi connectivity index (χ2n) is 10.2. The van der Waals surface area contributed by atoms with Crippen LogP contribution >= 0.6 is 0 Å². The maximum Gasteiger partial charge on any atom is 0.123 e. The Labute approximate surface area is 165 Å². The lowest BCUT2D eigenvalue weighted by Gasteiger charge is -2.36. The summed E-state index contributed by atoms with van der Waals surface area (Å²) in [4.78, 5) is 2.26. The van der Waals surface area contributed by atoms with Gasteiger partial charge in [0.1, 0.15) is 18.5 Å². The first-order chi connectivity index (χ1) is 12.4. The van der Waals surface area contributed by atoms with Crippen LogP contribution in [0.4, 0.5) is 0 Å². The molecule has 1 fully saturated rings. The lowest BCUT2D eigenvalue weighted by atomic mass is 9.80. The number of rotatable bonds is 5. The van der Waals surface area contributed by atoms with Crippen molar-refractivity contribution in [1.29, 1.82) is 0 Å². The number of benzene rings is 1. The fourth-order valence-electron chi connectivity index (χ4n) is 3.68.